The Morgan fingerprint density at radius 1 is 1.55 bits per heavy atom. The molecule has 1 saturated heterocycles. The molecule has 106 valence electrons. The lowest BCUT2D eigenvalue weighted by molar-refractivity contribution is -0.117. The normalized spacial score (nSPS) is 19.0. The van der Waals surface area contributed by atoms with Gasteiger partial charge in [0.05, 0.1) is 18.2 Å². The van der Waals surface area contributed by atoms with Gasteiger partial charge in [0.1, 0.15) is 0 Å². The molecule has 1 heterocycles. The van der Waals surface area contributed by atoms with Crippen LogP contribution in [0, 0.1) is 17.2 Å². The lowest BCUT2D eigenvalue weighted by Crippen LogP contribution is -2.39. The summed E-state index contributed by atoms with van der Waals surface area (Å²) in [5, 5.41) is 11.7. The van der Waals surface area contributed by atoms with Crippen LogP contribution in [0.25, 0.3) is 0 Å². The van der Waals surface area contributed by atoms with Crippen molar-refractivity contribution in [3.63, 3.8) is 0 Å². The summed E-state index contributed by atoms with van der Waals surface area (Å²) in [6.45, 7) is 5.84. The molecular weight excluding hydrogens is 250 g/mol. The van der Waals surface area contributed by atoms with Crippen LogP contribution in [0.2, 0.25) is 0 Å². The Balaban J connectivity index is 1.94. The van der Waals surface area contributed by atoms with E-state index in [9.17, 15) is 4.79 Å². The van der Waals surface area contributed by atoms with E-state index in [-0.39, 0.29) is 5.91 Å². The number of likely N-dealkylation sites (tertiary alicyclic amines) is 1. The third-order valence-corrected chi connectivity index (χ3v) is 3.81. The van der Waals surface area contributed by atoms with Crippen LogP contribution < -0.4 is 5.32 Å². The lowest BCUT2D eigenvalue weighted by Gasteiger charge is -2.26. The highest BCUT2D eigenvalue weighted by Gasteiger charge is 2.28. The number of nitrogens with one attached hydrogen (secondary N) is 1. The number of hydrogen-bond acceptors (Lipinski definition) is 3. The number of hydrogen-bond donors (Lipinski definition) is 1. The standard InChI is InChI=1S/C16H21N3O/c1-12(2)15-7-4-8-19(15)11-16(20)18-14-6-3-5-13(9-14)10-17/h3,5-6,9,12,15H,4,7-8,11H2,1-2H3,(H,18,20). The second kappa shape index (κ2) is 6.53. The zero-order valence-electron chi connectivity index (χ0n) is 12.1. The lowest BCUT2D eigenvalue weighted by atomic mass is 10.0. The summed E-state index contributed by atoms with van der Waals surface area (Å²) in [6.07, 6.45) is 2.34. The maximum atomic E-state index is 12.1. The quantitative estimate of drug-likeness (QED) is 0.915. The fourth-order valence-electron chi connectivity index (χ4n) is 2.85. The third kappa shape index (κ3) is 3.58. The van der Waals surface area contributed by atoms with E-state index in [0.29, 0.717) is 29.8 Å². The van der Waals surface area contributed by atoms with Crippen molar-refractivity contribution in [2.45, 2.75) is 32.7 Å². The fraction of sp³-hybridized carbons (Fsp3) is 0.500. The number of anilines is 1. The molecule has 1 atom stereocenters. The highest BCUT2D eigenvalue weighted by molar-refractivity contribution is 5.92. The van der Waals surface area contributed by atoms with Crippen LogP contribution in [0.15, 0.2) is 24.3 Å². The SMILES string of the molecule is CC(C)C1CCCN1CC(=O)Nc1cccc(C#N)c1. The van der Waals surface area contributed by atoms with Gasteiger partial charge in [-0.15, -0.1) is 0 Å². The molecule has 0 saturated carbocycles. The number of carbonyl (C=O) groups excluding carboxylic acids is 1. The summed E-state index contributed by atoms with van der Waals surface area (Å²) in [7, 11) is 0. The number of carbonyl (C=O) groups is 1. The van der Waals surface area contributed by atoms with Gasteiger partial charge in [-0.1, -0.05) is 19.9 Å². The molecule has 0 radical (unpaired) electrons. The summed E-state index contributed by atoms with van der Waals surface area (Å²) >= 11 is 0. The molecule has 1 unspecified atom stereocenters. The first kappa shape index (κ1) is 14.5. The number of amides is 1. The van der Waals surface area contributed by atoms with Crippen LogP contribution in [0.1, 0.15) is 32.3 Å². The Morgan fingerprint density at radius 2 is 2.35 bits per heavy atom. The van der Waals surface area contributed by atoms with Crippen molar-refractivity contribution in [2.24, 2.45) is 5.92 Å². The van der Waals surface area contributed by atoms with Crippen molar-refractivity contribution in [1.82, 2.24) is 4.90 Å². The second-order valence-corrected chi connectivity index (χ2v) is 5.66. The minimum Gasteiger partial charge on any atom is -0.325 e. The van der Waals surface area contributed by atoms with Gasteiger partial charge < -0.3 is 5.32 Å². The molecule has 1 fully saturated rings. The van der Waals surface area contributed by atoms with Crippen molar-refractivity contribution >= 4 is 11.6 Å². The second-order valence-electron chi connectivity index (χ2n) is 5.66. The average molecular weight is 271 g/mol. The first-order valence-corrected chi connectivity index (χ1v) is 7.14. The van der Waals surface area contributed by atoms with Crippen molar-refractivity contribution < 1.29 is 4.79 Å². The van der Waals surface area contributed by atoms with Gasteiger partial charge in [-0.25, -0.2) is 0 Å². The van der Waals surface area contributed by atoms with E-state index in [0.717, 1.165) is 6.54 Å². The zero-order valence-corrected chi connectivity index (χ0v) is 12.1. The Morgan fingerprint density at radius 3 is 3.05 bits per heavy atom. The topological polar surface area (TPSA) is 56.1 Å². The van der Waals surface area contributed by atoms with Crippen molar-refractivity contribution in [2.75, 3.05) is 18.4 Å². The molecule has 1 aromatic carbocycles. The van der Waals surface area contributed by atoms with E-state index in [1.807, 2.05) is 6.07 Å². The predicted octanol–water partition coefficient (Wildman–Crippen LogP) is 2.62. The summed E-state index contributed by atoms with van der Waals surface area (Å²) in [4.78, 5) is 14.4. The fourth-order valence-corrected chi connectivity index (χ4v) is 2.85. The first-order valence-electron chi connectivity index (χ1n) is 7.14. The van der Waals surface area contributed by atoms with Gasteiger partial charge in [0.25, 0.3) is 0 Å². The van der Waals surface area contributed by atoms with E-state index in [4.69, 9.17) is 5.26 Å². The maximum absolute atomic E-state index is 12.1. The Labute approximate surface area is 120 Å². The molecule has 1 N–H and O–H groups in total. The number of nitrogens with zero attached hydrogens (tertiary/aromatic N) is 2. The molecule has 20 heavy (non-hydrogen) atoms. The van der Waals surface area contributed by atoms with Gasteiger partial charge in [-0.2, -0.15) is 5.26 Å². The van der Waals surface area contributed by atoms with E-state index < -0.39 is 0 Å². The van der Waals surface area contributed by atoms with Crippen molar-refractivity contribution in [1.29, 1.82) is 5.26 Å². The highest BCUT2D eigenvalue weighted by Crippen LogP contribution is 2.23. The molecule has 1 aromatic rings. The smallest absolute Gasteiger partial charge is 0.238 e. The molecule has 4 heteroatoms. The molecule has 1 aliphatic rings. The number of benzene rings is 1. The number of rotatable bonds is 4. The molecule has 4 nitrogen and oxygen atoms in total. The molecule has 1 aliphatic heterocycles. The average Bonchev–Trinajstić information content (AvgIpc) is 2.87. The van der Waals surface area contributed by atoms with E-state index >= 15 is 0 Å². The van der Waals surface area contributed by atoms with Crippen LogP contribution in [-0.4, -0.2) is 29.9 Å². The van der Waals surface area contributed by atoms with Gasteiger partial charge in [-0.3, -0.25) is 9.69 Å². The van der Waals surface area contributed by atoms with Crippen LogP contribution in [-0.2, 0) is 4.79 Å². The minimum atomic E-state index is -0.00682. The van der Waals surface area contributed by atoms with Crippen LogP contribution in [0.4, 0.5) is 5.69 Å². The summed E-state index contributed by atoms with van der Waals surface area (Å²) < 4.78 is 0. The summed E-state index contributed by atoms with van der Waals surface area (Å²) in [5.41, 5.74) is 1.25. The van der Waals surface area contributed by atoms with Gasteiger partial charge in [0.15, 0.2) is 0 Å². The van der Waals surface area contributed by atoms with Crippen LogP contribution >= 0.6 is 0 Å². The van der Waals surface area contributed by atoms with E-state index in [1.165, 1.54) is 12.8 Å². The molecule has 0 aliphatic carbocycles. The van der Waals surface area contributed by atoms with Crippen LogP contribution in [0.3, 0.4) is 0 Å². The van der Waals surface area contributed by atoms with Gasteiger partial charge in [-0.05, 0) is 43.5 Å². The predicted molar refractivity (Wildman–Crippen MR) is 79.2 cm³/mol. The monoisotopic (exact) mass is 271 g/mol. The zero-order chi connectivity index (χ0) is 14.5. The van der Waals surface area contributed by atoms with Crippen LogP contribution in [0.5, 0.6) is 0 Å². The molecule has 2 rings (SSSR count). The third-order valence-electron chi connectivity index (χ3n) is 3.81. The van der Waals surface area contributed by atoms with E-state index in [2.05, 4.69) is 30.1 Å². The van der Waals surface area contributed by atoms with Crippen molar-refractivity contribution in [3.8, 4) is 6.07 Å². The maximum Gasteiger partial charge on any atom is 0.238 e. The van der Waals surface area contributed by atoms with E-state index in [1.54, 1.807) is 18.2 Å². The highest BCUT2D eigenvalue weighted by atomic mass is 16.2. The van der Waals surface area contributed by atoms with Gasteiger partial charge in [0, 0.05) is 11.7 Å². The molecule has 0 spiro atoms. The molecule has 0 aromatic heterocycles. The Bertz CT molecular complexity index is 519. The first-order chi connectivity index (χ1) is 9.60. The minimum absolute atomic E-state index is 0.00682. The molecule has 0 bridgehead atoms. The van der Waals surface area contributed by atoms with Gasteiger partial charge >= 0.3 is 0 Å². The Kier molecular flexibility index (Phi) is 4.75. The van der Waals surface area contributed by atoms with Gasteiger partial charge in [0.2, 0.25) is 5.91 Å². The molecular formula is C16H21N3O. The summed E-state index contributed by atoms with van der Waals surface area (Å²) in [6, 6.07) is 9.59. The molecule has 1 amide bonds. The number of nitriles is 1. The summed E-state index contributed by atoms with van der Waals surface area (Å²) in [5.74, 6) is 0.569. The van der Waals surface area contributed by atoms with Crippen molar-refractivity contribution in [3.05, 3.63) is 29.8 Å². The largest absolute Gasteiger partial charge is 0.325 e. The Hall–Kier alpha value is -1.86.